The second-order valence-electron chi connectivity index (χ2n) is 6.73. The SMILES string of the molecule is CC(C)(C)OC(=O)N1C=CC(c2ccn(-c3ccc(F)cc3)n2)=CC1. The summed E-state index contributed by atoms with van der Waals surface area (Å²) in [5, 5.41) is 4.50. The number of aromatic nitrogens is 2. The summed E-state index contributed by atoms with van der Waals surface area (Å²) in [6, 6.07) is 8.01. The van der Waals surface area contributed by atoms with Gasteiger partial charge in [0.2, 0.25) is 0 Å². The van der Waals surface area contributed by atoms with Gasteiger partial charge in [-0.05, 0) is 57.2 Å². The van der Waals surface area contributed by atoms with Crippen molar-refractivity contribution >= 4 is 11.7 Å². The first-order valence-corrected chi connectivity index (χ1v) is 8.02. The monoisotopic (exact) mass is 341 g/mol. The van der Waals surface area contributed by atoms with Crippen LogP contribution in [0.1, 0.15) is 26.5 Å². The Morgan fingerprint density at radius 2 is 1.92 bits per heavy atom. The van der Waals surface area contributed by atoms with Gasteiger partial charge in [0.25, 0.3) is 0 Å². The summed E-state index contributed by atoms with van der Waals surface area (Å²) in [6.45, 7) is 5.93. The van der Waals surface area contributed by atoms with Crippen molar-refractivity contribution in [2.24, 2.45) is 0 Å². The molecule has 0 saturated heterocycles. The third-order valence-electron chi connectivity index (χ3n) is 3.55. The summed E-state index contributed by atoms with van der Waals surface area (Å²) in [5.41, 5.74) is 1.96. The molecule has 0 radical (unpaired) electrons. The van der Waals surface area contributed by atoms with E-state index in [9.17, 15) is 9.18 Å². The molecule has 3 rings (SSSR count). The van der Waals surface area contributed by atoms with E-state index in [2.05, 4.69) is 5.10 Å². The lowest BCUT2D eigenvalue weighted by Crippen LogP contribution is -2.34. The number of benzene rings is 1. The highest BCUT2D eigenvalue weighted by Gasteiger charge is 2.21. The van der Waals surface area contributed by atoms with Crippen LogP contribution in [0.3, 0.4) is 0 Å². The molecule has 0 fully saturated rings. The average Bonchev–Trinajstić information content (AvgIpc) is 3.04. The smallest absolute Gasteiger partial charge is 0.414 e. The van der Waals surface area contributed by atoms with Crippen molar-refractivity contribution in [1.29, 1.82) is 0 Å². The average molecular weight is 341 g/mol. The van der Waals surface area contributed by atoms with E-state index in [1.54, 1.807) is 23.0 Å². The summed E-state index contributed by atoms with van der Waals surface area (Å²) < 4.78 is 20.0. The Morgan fingerprint density at radius 3 is 2.52 bits per heavy atom. The fourth-order valence-corrected chi connectivity index (χ4v) is 2.36. The van der Waals surface area contributed by atoms with Crippen LogP contribution in [0.5, 0.6) is 0 Å². The highest BCUT2D eigenvalue weighted by molar-refractivity contribution is 5.77. The quantitative estimate of drug-likeness (QED) is 0.824. The molecule has 6 heteroatoms. The van der Waals surface area contributed by atoms with Gasteiger partial charge in [-0.2, -0.15) is 5.10 Å². The van der Waals surface area contributed by atoms with E-state index in [0.717, 1.165) is 17.0 Å². The van der Waals surface area contributed by atoms with E-state index in [1.807, 2.05) is 45.2 Å². The molecule has 2 heterocycles. The predicted molar refractivity (Wildman–Crippen MR) is 93.6 cm³/mol. The van der Waals surface area contributed by atoms with Gasteiger partial charge < -0.3 is 4.74 Å². The molecule has 25 heavy (non-hydrogen) atoms. The van der Waals surface area contributed by atoms with Crippen LogP contribution in [0, 0.1) is 5.82 Å². The number of hydrogen-bond acceptors (Lipinski definition) is 3. The number of nitrogens with zero attached hydrogens (tertiary/aromatic N) is 3. The van der Waals surface area contributed by atoms with Gasteiger partial charge in [0.15, 0.2) is 0 Å². The zero-order valence-electron chi connectivity index (χ0n) is 14.4. The molecule has 0 bridgehead atoms. The minimum atomic E-state index is -0.525. The first-order valence-electron chi connectivity index (χ1n) is 8.02. The maximum Gasteiger partial charge on any atom is 0.414 e. The molecule has 1 amide bonds. The van der Waals surface area contributed by atoms with E-state index in [-0.39, 0.29) is 11.9 Å². The Balaban J connectivity index is 1.70. The molecule has 1 aliphatic heterocycles. The van der Waals surface area contributed by atoms with E-state index in [4.69, 9.17) is 4.74 Å². The van der Waals surface area contributed by atoms with Crippen molar-refractivity contribution in [3.63, 3.8) is 0 Å². The van der Waals surface area contributed by atoms with E-state index < -0.39 is 5.60 Å². The largest absolute Gasteiger partial charge is 0.443 e. The Labute approximate surface area is 146 Å². The highest BCUT2D eigenvalue weighted by atomic mass is 19.1. The molecule has 1 aromatic heterocycles. The minimum Gasteiger partial charge on any atom is -0.443 e. The van der Waals surface area contributed by atoms with Crippen LogP contribution in [0.25, 0.3) is 11.3 Å². The molecule has 2 aromatic rings. The number of hydrogen-bond donors (Lipinski definition) is 0. The fraction of sp³-hybridized carbons (Fsp3) is 0.263. The van der Waals surface area contributed by atoms with E-state index in [1.165, 1.54) is 17.0 Å². The fourth-order valence-electron chi connectivity index (χ4n) is 2.36. The van der Waals surface area contributed by atoms with Crippen molar-refractivity contribution in [3.8, 4) is 5.69 Å². The lowest BCUT2D eigenvalue weighted by molar-refractivity contribution is 0.0350. The molecular weight excluding hydrogens is 321 g/mol. The normalized spacial score (nSPS) is 14.4. The Morgan fingerprint density at radius 1 is 1.20 bits per heavy atom. The lowest BCUT2D eigenvalue weighted by atomic mass is 10.1. The van der Waals surface area contributed by atoms with Gasteiger partial charge in [0.05, 0.1) is 11.4 Å². The Bertz CT molecular complexity index is 829. The molecular formula is C19H20FN3O2. The second-order valence-corrected chi connectivity index (χ2v) is 6.73. The molecule has 0 spiro atoms. The summed E-state index contributed by atoms with van der Waals surface area (Å²) in [5.74, 6) is -0.281. The molecule has 1 aromatic carbocycles. The first-order chi connectivity index (χ1) is 11.8. The number of amides is 1. The topological polar surface area (TPSA) is 47.4 Å². The number of rotatable bonds is 2. The van der Waals surface area contributed by atoms with Gasteiger partial charge in [-0.25, -0.2) is 13.9 Å². The number of carbonyl (C=O) groups is 1. The third-order valence-corrected chi connectivity index (χ3v) is 3.55. The minimum absolute atomic E-state index is 0.281. The molecule has 1 aliphatic rings. The summed E-state index contributed by atoms with van der Waals surface area (Å²) in [7, 11) is 0. The van der Waals surface area contributed by atoms with Crippen LogP contribution in [-0.2, 0) is 4.74 Å². The van der Waals surface area contributed by atoms with Gasteiger partial charge >= 0.3 is 6.09 Å². The van der Waals surface area contributed by atoms with Crippen molar-refractivity contribution in [2.75, 3.05) is 6.54 Å². The molecule has 130 valence electrons. The number of allylic oxidation sites excluding steroid dienone is 2. The lowest BCUT2D eigenvalue weighted by Gasteiger charge is -2.25. The molecule has 0 unspecified atom stereocenters. The standard InChI is InChI=1S/C19H20FN3O2/c1-19(2,3)25-18(24)22-11-8-14(9-12-22)17-10-13-23(21-17)16-6-4-15(20)5-7-16/h4-11,13H,12H2,1-3H3. The van der Waals surface area contributed by atoms with Gasteiger partial charge in [-0.3, -0.25) is 4.90 Å². The molecule has 0 aliphatic carbocycles. The molecule has 0 saturated carbocycles. The first kappa shape index (κ1) is 17.0. The summed E-state index contributed by atoms with van der Waals surface area (Å²) in [6.07, 6.45) is 6.87. The number of carbonyl (C=O) groups excluding carboxylic acids is 1. The van der Waals surface area contributed by atoms with Crippen LogP contribution in [0.15, 0.2) is 54.9 Å². The third kappa shape index (κ3) is 4.15. The van der Waals surface area contributed by atoms with Gasteiger partial charge in [0, 0.05) is 24.5 Å². The van der Waals surface area contributed by atoms with E-state index >= 15 is 0 Å². The van der Waals surface area contributed by atoms with Crippen molar-refractivity contribution in [2.45, 2.75) is 26.4 Å². The Hall–Kier alpha value is -2.89. The highest BCUT2D eigenvalue weighted by Crippen LogP contribution is 2.20. The van der Waals surface area contributed by atoms with Crippen molar-refractivity contribution in [1.82, 2.24) is 14.7 Å². The van der Waals surface area contributed by atoms with Crippen molar-refractivity contribution in [3.05, 3.63) is 66.4 Å². The van der Waals surface area contributed by atoms with Crippen LogP contribution >= 0.6 is 0 Å². The number of halogens is 1. The zero-order chi connectivity index (χ0) is 18.0. The van der Waals surface area contributed by atoms with E-state index in [0.29, 0.717) is 6.54 Å². The molecule has 0 N–H and O–H groups in total. The summed E-state index contributed by atoms with van der Waals surface area (Å²) >= 11 is 0. The maximum atomic E-state index is 13.0. The van der Waals surface area contributed by atoms with Crippen LogP contribution < -0.4 is 0 Å². The maximum absolute atomic E-state index is 13.0. The second kappa shape index (κ2) is 6.55. The molecule has 5 nitrogen and oxygen atoms in total. The van der Waals surface area contributed by atoms with Crippen LogP contribution in [-0.4, -0.2) is 32.9 Å². The van der Waals surface area contributed by atoms with Crippen molar-refractivity contribution < 1.29 is 13.9 Å². The van der Waals surface area contributed by atoms with Gasteiger partial charge in [-0.15, -0.1) is 0 Å². The predicted octanol–water partition coefficient (Wildman–Crippen LogP) is 4.16. The zero-order valence-corrected chi connectivity index (χ0v) is 14.4. The van der Waals surface area contributed by atoms with Gasteiger partial charge in [0.1, 0.15) is 11.4 Å². The molecule has 0 atom stereocenters. The van der Waals surface area contributed by atoms with Crippen LogP contribution in [0.4, 0.5) is 9.18 Å². The Kier molecular flexibility index (Phi) is 4.44. The summed E-state index contributed by atoms with van der Waals surface area (Å²) in [4.78, 5) is 13.6. The van der Waals surface area contributed by atoms with Gasteiger partial charge in [-0.1, -0.05) is 6.08 Å². The number of ether oxygens (including phenoxy) is 1. The van der Waals surface area contributed by atoms with Crippen LogP contribution in [0.2, 0.25) is 0 Å².